The molecule has 0 aliphatic carbocycles. The van der Waals surface area contributed by atoms with E-state index in [0.717, 1.165) is 15.5 Å². The number of phenolic OH excluding ortho intramolecular Hbond substituents is 1. The summed E-state index contributed by atoms with van der Waals surface area (Å²) in [5.41, 5.74) is 1.63. The van der Waals surface area contributed by atoms with Gasteiger partial charge in [-0.05, 0) is 57.6 Å². The van der Waals surface area contributed by atoms with Crippen LogP contribution in [0.4, 0.5) is 0 Å². The Labute approximate surface area is 189 Å². The molecule has 1 atom stereocenters. The molecular weight excluding hydrogens is 452 g/mol. The number of tetrazole rings is 1. The van der Waals surface area contributed by atoms with Crippen LogP contribution in [-0.2, 0) is 4.79 Å². The van der Waals surface area contributed by atoms with Crippen molar-refractivity contribution in [2.24, 2.45) is 5.10 Å². The van der Waals surface area contributed by atoms with Crippen molar-refractivity contribution < 1.29 is 9.90 Å². The molecule has 8 nitrogen and oxygen atoms in total. The molecule has 0 radical (unpaired) electrons. The average molecular weight is 469 g/mol. The third-order valence-electron chi connectivity index (χ3n) is 4.70. The van der Waals surface area contributed by atoms with Crippen molar-refractivity contribution >= 4 is 46.1 Å². The lowest BCUT2D eigenvalue weighted by molar-refractivity contribution is -0.130. The highest BCUT2D eigenvalue weighted by molar-refractivity contribution is 7.99. The van der Waals surface area contributed by atoms with E-state index in [4.69, 9.17) is 0 Å². The molecule has 156 valence electrons. The Morgan fingerprint density at radius 2 is 1.94 bits per heavy atom. The van der Waals surface area contributed by atoms with Crippen molar-refractivity contribution in [1.82, 2.24) is 25.2 Å². The molecule has 1 aliphatic heterocycles. The molecule has 0 bridgehead atoms. The van der Waals surface area contributed by atoms with Crippen molar-refractivity contribution in [1.29, 1.82) is 0 Å². The first kappa shape index (κ1) is 19.9. The van der Waals surface area contributed by atoms with Crippen LogP contribution in [0.25, 0.3) is 5.69 Å². The first-order valence-corrected chi connectivity index (χ1v) is 12.1. The van der Waals surface area contributed by atoms with E-state index in [1.807, 2.05) is 35.0 Å². The largest absolute Gasteiger partial charge is 0.508 e. The standard InChI is InChI=1S/C20H16N6O2S3/c27-14-7-5-13(6-8-14)25-20(21-23-24-25)31-12-19(28)26-16(18-4-2-10-30-18)11-15(22-26)17-3-1-9-29-17/h1-10,16,27H,11-12H2/t16-/m0/s1. The second kappa shape index (κ2) is 8.61. The van der Waals surface area contributed by atoms with E-state index < -0.39 is 0 Å². The minimum atomic E-state index is -0.102. The van der Waals surface area contributed by atoms with Gasteiger partial charge in [-0.2, -0.15) is 9.78 Å². The van der Waals surface area contributed by atoms with Crippen LogP contribution >= 0.6 is 34.4 Å². The number of amides is 1. The molecule has 4 heterocycles. The topological polar surface area (TPSA) is 96.5 Å². The van der Waals surface area contributed by atoms with Gasteiger partial charge in [0.05, 0.1) is 28.1 Å². The number of hydrogen-bond donors (Lipinski definition) is 1. The molecule has 0 saturated heterocycles. The lowest BCUT2D eigenvalue weighted by Crippen LogP contribution is -2.28. The van der Waals surface area contributed by atoms with Gasteiger partial charge in [0.1, 0.15) is 5.75 Å². The van der Waals surface area contributed by atoms with Gasteiger partial charge >= 0.3 is 0 Å². The number of thioether (sulfide) groups is 1. The summed E-state index contributed by atoms with van der Waals surface area (Å²) in [6.45, 7) is 0. The number of carbonyl (C=O) groups is 1. The summed E-state index contributed by atoms with van der Waals surface area (Å²) in [4.78, 5) is 15.3. The Morgan fingerprint density at radius 3 is 2.68 bits per heavy atom. The van der Waals surface area contributed by atoms with Gasteiger partial charge in [-0.3, -0.25) is 4.79 Å². The molecule has 0 unspecified atom stereocenters. The quantitative estimate of drug-likeness (QED) is 0.430. The highest BCUT2D eigenvalue weighted by Crippen LogP contribution is 2.36. The van der Waals surface area contributed by atoms with Gasteiger partial charge in [0.15, 0.2) is 0 Å². The molecule has 0 fully saturated rings. The molecule has 0 spiro atoms. The van der Waals surface area contributed by atoms with Crippen molar-refractivity contribution in [3.05, 3.63) is 69.0 Å². The zero-order valence-electron chi connectivity index (χ0n) is 16.0. The summed E-state index contributed by atoms with van der Waals surface area (Å²) in [6.07, 6.45) is 0.697. The Bertz CT molecular complexity index is 1200. The summed E-state index contributed by atoms with van der Waals surface area (Å²) in [7, 11) is 0. The van der Waals surface area contributed by atoms with Crippen LogP contribution in [0.1, 0.15) is 22.2 Å². The zero-order chi connectivity index (χ0) is 21.2. The number of aromatic hydroxyl groups is 1. The first-order valence-electron chi connectivity index (χ1n) is 9.36. The van der Waals surface area contributed by atoms with Gasteiger partial charge in [0.2, 0.25) is 5.16 Å². The minimum Gasteiger partial charge on any atom is -0.508 e. The summed E-state index contributed by atoms with van der Waals surface area (Å²) in [6, 6.07) is 14.5. The van der Waals surface area contributed by atoms with Crippen molar-refractivity contribution in [3.63, 3.8) is 0 Å². The Morgan fingerprint density at radius 1 is 1.13 bits per heavy atom. The third-order valence-corrected chi connectivity index (χ3v) is 7.50. The molecule has 5 rings (SSSR count). The number of rotatable bonds is 6. The van der Waals surface area contributed by atoms with Crippen LogP contribution in [-0.4, -0.2) is 47.7 Å². The molecule has 1 amide bonds. The maximum atomic E-state index is 13.1. The number of benzene rings is 1. The molecule has 1 aromatic carbocycles. The summed E-state index contributed by atoms with van der Waals surface area (Å²) >= 11 is 4.51. The zero-order valence-corrected chi connectivity index (χ0v) is 18.5. The highest BCUT2D eigenvalue weighted by atomic mass is 32.2. The molecule has 4 aromatic rings. The molecule has 1 N–H and O–H groups in total. The van der Waals surface area contributed by atoms with Crippen LogP contribution in [0, 0.1) is 0 Å². The van der Waals surface area contributed by atoms with Gasteiger partial charge < -0.3 is 5.11 Å². The molecule has 3 aromatic heterocycles. The van der Waals surface area contributed by atoms with E-state index in [0.29, 0.717) is 17.3 Å². The number of thiophene rings is 2. The van der Waals surface area contributed by atoms with Gasteiger partial charge in [-0.15, -0.1) is 27.8 Å². The van der Waals surface area contributed by atoms with Crippen molar-refractivity contribution in [2.45, 2.75) is 17.6 Å². The first-order chi connectivity index (χ1) is 15.2. The fraction of sp³-hybridized carbons (Fsp3) is 0.150. The Balaban J connectivity index is 1.34. The maximum absolute atomic E-state index is 13.1. The summed E-state index contributed by atoms with van der Waals surface area (Å²) < 4.78 is 1.54. The number of nitrogens with zero attached hydrogens (tertiary/aromatic N) is 6. The summed E-state index contributed by atoms with van der Waals surface area (Å²) in [5.74, 6) is 0.214. The van der Waals surface area contributed by atoms with Crippen molar-refractivity contribution in [2.75, 3.05) is 5.75 Å². The van der Waals surface area contributed by atoms with Gasteiger partial charge in [-0.1, -0.05) is 23.9 Å². The van der Waals surface area contributed by atoms with E-state index in [9.17, 15) is 9.90 Å². The molecular formula is C20H16N6O2S3. The molecule has 31 heavy (non-hydrogen) atoms. The van der Waals surface area contributed by atoms with Crippen LogP contribution in [0.3, 0.4) is 0 Å². The van der Waals surface area contributed by atoms with Crippen LogP contribution in [0.5, 0.6) is 5.75 Å². The number of hydrazone groups is 1. The smallest absolute Gasteiger partial charge is 0.253 e. The van der Waals surface area contributed by atoms with Crippen LogP contribution in [0.15, 0.2) is 69.5 Å². The SMILES string of the molecule is O=C(CSc1nnnn1-c1ccc(O)cc1)N1N=C(c2cccs2)C[C@H]1c1cccs1. The van der Waals surface area contributed by atoms with Gasteiger partial charge in [0.25, 0.3) is 5.91 Å². The highest BCUT2D eigenvalue weighted by Gasteiger charge is 2.34. The second-order valence-electron chi connectivity index (χ2n) is 6.68. The van der Waals surface area contributed by atoms with E-state index in [1.165, 1.54) is 11.8 Å². The van der Waals surface area contributed by atoms with Crippen LogP contribution in [0.2, 0.25) is 0 Å². The van der Waals surface area contributed by atoms with Gasteiger partial charge in [-0.25, -0.2) is 5.01 Å². The molecule has 11 heteroatoms. The predicted octanol–water partition coefficient (Wildman–Crippen LogP) is 3.96. The molecule has 1 aliphatic rings. The average Bonchev–Trinajstić information content (AvgIpc) is 3.58. The maximum Gasteiger partial charge on any atom is 0.253 e. The Kier molecular flexibility index (Phi) is 5.53. The predicted molar refractivity (Wildman–Crippen MR) is 121 cm³/mol. The minimum absolute atomic E-state index is 0.0988. The third kappa shape index (κ3) is 4.11. The number of aromatic nitrogens is 4. The van der Waals surface area contributed by atoms with E-state index >= 15 is 0 Å². The van der Waals surface area contributed by atoms with E-state index in [-0.39, 0.29) is 23.5 Å². The lowest BCUT2D eigenvalue weighted by Gasteiger charge is -2.20. The lowest BCUT2D eigenvalue weighted by atomic mass is 10.1. The van der Waals surface area contributed by atoms with Crippen molar-refractivity contribution in [3.8, 4) is 11.4 Å². The number of carbonyl (C=O) groups excluding carboxylic acids is 1. The molecule has 0 saturated carbocycles. The monoisotopic (exact) mass is 468 g/mol. The summed E-state index contributed by atoms with van der Waals surface area (Å²) in [5, 5.41) is 32.0. The van der Waals surface area contributed by atoms with Gasteiger partial charge in [0, 0.05) is 11.3 Å². The van der Waals surface area contributed by atoms with E-state index in [1.54, 1.807) is 56.6 Å². The second-order valence-corrected chi connectivity index (χ2v) is 9.55. The Hall–Kier alpha value is -3.02. The normalized spacial score (nSPS) is 15.9. The van der Waals surface area contributed by atoms with Crippen LogP contribution < -0.4 is 0 Å². The van der Waals surface area contributed by atoms with E-state index in [2.05, 4.69) is 20.6 Å². The number of phenols is 1. The fourth-order valence-corrected chi connectivity index (χ4v) is 5.53. The number of hydrogen-bond acceptors (Lipinski definition) is 9. The fourth-order valence-electron chi connectivity index (χ4n) is 3.25.